The van der Waals surface area contributed by atoms with E-state index in [-0.39, 0.29) is 0 Å². The smallest absolute Gasteiger partial charge is 0.0323 e. The zero-order valence-electron chi connectivity index (χ0n) is 38.2. The second-order valence-electron chi connectivity index (χ2n) is 22.6. The average molecular weight is 701 g/mol. The summed E-state index contributed by atoms with van der Waals surface area (Å²) in [6.45, 7) is 38.2. The minimum Gasteiger partial charge on any atom is -0.0625 e. The van der Waals surface area contributed by atoms with Gasteiger partial charge in [0.1, 0.15) is 0 Å². The first-order valence-corrected chi connectivity index (χ1v) is 23.1. The van der Waals surface area contributed by atoms with Crippen LogP contribution in [0.5, 0.6) is 0 Å². The lowest BCUT2D eigenvalue weighted by Gasteiger charge is -2.47. The van der Waals surface area contributed by atoms with E-state index in [1.165, 1.54) is 141 Å². The normalized spacial score (nSPS) is 31.2. The molecule has 0 N–H and O–H groups in total. The molecule has 0 amide bonds. The Morgan fingerprint density at radius 2 is 0.780 bits per heavy atom. The monoisotopic (exact) mass is 701 g/mol. The summed E-state index contributed by atoms with van der Waals surface area (Å²) in [5, 5.41) is 0. The maximum absolute atomic E-state index is 2.42. The van der Waals surface area contributed by atoms with Crippen LogP contribution < -0.4 is 0 Å². The van der Waals surface area contributed by atoms with Crippen molar-refractivity contribution in [2.45, 2.75) is 252 Å². The van der Waals surface area contributed by atoms with Crippen molar-refractivity contribution >= 4 is 0 Å². The second kappa shape index (κ2) is 23.0. The molecule has 6 rings (SSSR count). The van der Waals surface area contributed by atoms with Crippen LogP contribution in [0, 0.1) is 69.0 Å². The first kappa shape index (κ1) is 48.0. The Balaban J connectivity index is 0.000000305. The Morgan fingerprint density at radius 1 is 0.380 bits per heavy atom. The molecule has 0 aliphatic heterocycles. The SMILES string of the molecule is CC(C)(C)C1CCCCC1.CC1C(C)(C)CCCC1(C)C.CC1CC1.CC1CCCC(C)C1C.CC1CCCCC1.CC1CCCCC1(C)C. The fourth-order valence-electron chi connectivity index (χ4n) is 9.45. The molecule has 300 valence electrons. The van der Waals surface area contributed by atoms with Crippen LogP contribution in [0.3, 0.4) is 0 Å². The van der Waals surface area contributed by atoms with E-state index in [0.29, 0.717) is 21.7 Å². The van der Waals surface area contributed by atoms with Gasteiger partial charge in [0, 0.05) is 0 Å². The van der Waals surface area contributed by atoms with Crippen LogP contribution in [0.1, 0.15) is 252 Å². The lowest BCUT2D eigenvalue weighted by molar-refractivity contribution is 0.0286. The molecule has 0 aromatic heterocycles. The number of rotatable bonds is 0. The highest BCUT2D eigenvalue weighted by Crippen LogP contribution is 2.50. The van der Waals surface area contributed by atoms with Crippen molar-refractivity contribution in [1.82, 2.24) is 0 Å². The van der Waals surface area contributed by atoms with E-state index in [2.05, 4.69) is 111 Å². The van der Waals surface area contributed by atoms with Crippen molar-refractivity contribution in [3.05, 3.63) is 0 Å². The molecule has 0 saturated heterocycles. The quantitative estimate of drug-likeness (QED) is 0.236. The summed E-state index contributed by atoms with van der Waals surface area (Å²) < 4.78 is 0. The standard InChI is InChI=1S/C11H22.C10H20.2C9H18.C7H14.C4H8/c1-9-10(2,3)7-6-8-11(9,4)5;1-10(2,3)9-7-5-4-6-8-9;1-8-6-4-5-7-9(8,2)3;1-7-5-4-6-8(2)9(7)3;1-7-5-3-2-4-6-7;1-4-2-3-4/h9H,6-8H2,1-5H3;9H,4-8H2,1-3H3;8H,4-7H2,1-3H3;7-9H,4-6H2,1-3H3;7H,2-6H2,1H3;4H,2-3H2,1H3. The van der Waals surface area contributed by atoms with E-state index in [0.717, 1.165) is 47.3 Å². The van der Waals surface area contributed by atoms with Gasteiger partial charge in [-0.25, -0.2) is 0 Å². The van der Waals surface area contributed by atoms with Gasteiger partial charge in [-0.2, -0.15) is 0 Å². The molecule has 3 atom stereocenters. The predicted molar refractivity (Wildman–Crippen MR) is 230 cm³/mol. The third-order valence-corrected chi connectivity index (χ3v) is 15.7. The molecule has 3 unspecified atom stereocenters. The van der Waals surface area contributed by atoms with Gasteiger partial charge >= 0.3 is 0 Å². The van der Waals surface area contributed by atoms with Gasteiger partial charge in [-0.05, 0) is 101 Å². The van der Waals surface area contributed by atoms with Crippen LogP contribution in [0.4, 0.5) is 0 Å². The second-order valence-corrected chi connectivity index (χ2v) is 22.6. The van der Waals surface area contributed by atoms with E-state index in [4.69, 9.17) is 0 Å². The Morgan fingerprint density at radius 3 is 1.04 bits per heavy atom. The highest BCUT2D eigenvalue weighted by molar-refractivity contribution is 4.90. The van der Waals surface area contributed by atoms with Gasteiger partial charge in [0.25, 0.3) is 0 Å². The lowest BCUT2D eigenvalue weighted by atomic mass is 9.58. The molecule has 6 fully saturated rings. The molecule has 0 heterocycles. The molecule has 6 aliphatic carbocycles. The van der Waals surface area contributed by atoms with Crippen molar-refractivity contribution in [2.75, 3.05) is 0 Å². The Labute approximate surface area is 320 Å². The minimum absolute atomic E-state index is 0.570. The maximum Gasteiger partial charge on any atom is -0.0323 e. The minimum atomic E-state index is 0.570. The van der Waals surface area contributed by atoms with E-state index < -0.39 is 0 Å². The van der Waals surface area contributed by atoms with Gasteiger partial charge in [-0.15, -0.1) is 0 Å². The third-order valence-electron chi connectivity index (χ3n) is 15.7. The fraction of sp³-hybridized carbons (Fsp3) is 1.00. The van der Waals surface area contributed by atoms with Crippen LogP contribution in [-0.2, 0) is 0 Å². The molecule has 0 bridgehead atoms. The third kappa shape index (κ3) is 19.9. The zero-order chi connectivity index (χ0) is 38.2. The first-order chi connectivity index (χ1) is 23.1. The summed E-state index contributed by atoms with van der Waals surface area (Å²) in [6, 6.07) is 0. The van der Waals surface area contributed by atoms with Crippen molar-refractivity contribution in [3.8, 4) is 0 Å². The summed E-state index contributed by atoms with van der Waals surface area (Å²) in [4.78, 5) is 0. The summed E-state index contributed by atoms with van der Waals surface area (Å²) in [7, 11) is 0. The van der Waals surface area contributed by atoms with Gasteiger partial charge in [0.05, 0.1) is 0 Å². The highest BCUT2D eigenvalue weighted by Gasteiger charge is 2.40. The van der Waals surface area contributed by atoms with Crippen molar-refractivity contribution in [1.29, 1.82) is 0 Å². The van der Waals surface area contributed by atoms with Crippen molar-refractivity contribution in [3.63, 3.8) is 0 Å². The average Bonchev–Trinajstić information content (AvgIpc) is 3.84. The molecule has 50 heavy (non-hydrogen) atoms. The first-order valence-electron chi connectivity index (χ1n) is 23.1. The molecule has 6 saturated carbocycles. The van der Waals surface area contributed by atoms with E-state index >= 15 is 0 Å². The van der Waals surface area contributed by atoms with Crippen LogP contribution in [0.15, 0.2) is 0 Å². The molecule has 0 heteroatoms. The molecule has 0 nitrogen and oxygen atoms in total. The predicted octanol–water partition coefficient (Wildman–Crippen LogP) is 17.8. The van der Waals surface area contributed by atoms with E-state index in [1.54, 1.807) is 0 Å². The van der Waals surface area contributed by atoms with E-state index in [1.807, 2.05) is 0 Å². The Bertz CT molecular complexity index is 795. The zero-order valence-corrected chi connectivity index (χ0v) is 38.2. The summed E-state index contributed by atoms with van der Waals surface area (Å²) in [6.07, 6.45) is 32.2. The molecule has 0 aromatic rings. The van der Waals surface area contributed by atoms with E-state index in [9.17, 15) is 0 Å². The van der Waals surface area contributed by atoms with Gasteiger partial charge in [0.15, 0.2) is 0 Å². The largest absolute Gasteiger partial charge is 0.0625 e. The number of hydrogen-bond donors (Lipinski definition) is 0. The van der Waals surface area contributed by atoms with Crippen molar-refractivity contribution < 1.29 is 0 Å². The molecule has 6 aliphatic rings. The Kier molecular flexibility index (Phi) is 22.1. The van der Waals surface area contributed by atoms with Crippen LogP contribution in [0.25, 0.3) is 0 Å². The summed E-state index contributed by atoms with van der Waals surface area (Å²) >= 11 is 0. The molecule has 0 aromatic carbocycles. The summed E-state index contributed by atoms with van der Waals surface area (Å²) in [5.74, 6) is 7.87. The molecular formula is C50H100. The summed E-state index contributed by atoms with van der Waals surface area (Å²) in [5.41, 5.74) is 2.35. The van der Waals surface area contributed by atoms with Gasteiger partial charge < -0.3 is 0 Å². The maximum atomic E-state index is 2.42. The number of hydrogen-bond acceptors (Lipinski definition) is 0. The lowest BCUT2D eigenvalue weighted by Crippen LogP contribution is -2.38. The fourth-order valence-corrected chi connectivity index (χ4v) is 9.45. The van der Waals surface area contributed by atoms with Gasteiger partial charge in [-0.1, -0.05) is 220 Å². The topological polar surface area (TPSA) is 0 Å². The molecule has 0 spiro atoms. The molecule has 0 radical (unpaired) electrons. The Hall–Kier alpha value is 0. The van der Waals surface area contributed by atoms with Crippen LogP contribution >= 0.6 is 0 Å². The van der Waals surface area contributed by atoms with Crippen LogP contribution in [0.2, 0.25) is 0 Å². The van der Waals surface area contributed by atoms with Gasteiger partial charge in [-0.3, -0.25) is 0 Å². The van der Waals surface area contributed by atoms with Crippen molar-refractivity contribution in [2.24, 2.45) is 69.0 Å². The molecular weight excluding hydrogens is 601 g/mol. The van der Waals surface area contributed by atoms with Crippen LogP contribution in [-0.4, -0.2) is 0 Å². The van der Waals surface area contributed by atoms with Gasteiger partial charge in [0.2, 0.25) is 0 Å². The highest BCUT2D eigenvalue weighted by atomic mass is 14.5.